The first kappa shape index (κ1) is 10.2. The standard InChI is InChI=1S/C13H19N3/c14-16-13(11-2-1-5-15-8-11)12-7-9-3-4-10(12)6-9/h1-2,5,8-10,12-13,16H,3-4,6-7,14H2. The smallest absolute Gasteiger partial charge is 0.0506 e. The molecular formula is C13H19N3. The van der Waals surface area contributed by atoms with Gasteiger partial charge < -0.3 is 0 Å². The zero-order valence-corrected chi connectivity index (χ0v) is 9.47. The van der Waals surface area contributed by atoms with Gasteiger partial charge in [0.2, 0.25) is 0 Å². The van der Waals surface area contributed by atoms with Gasteiger partial charge in [-0.2, -0.15) is 0 Å². The van der Waals surface area contributed by atoms with Crippen LogP contribution in [0.4, 0.5) is 0 Å². The molecule has 0 aliphatic heterocycles. The van der Waals surface area contributed by atoms with Crippen LogP contribution in [-0.4, -0.2) is 4.98 Å². The summed E-state index contributed by atoms with van der Waals surface area (Å²) in [6, 6.07) is 4.42. The van der Waals surface area contributed by atoms with Gasteiger partial charge in [0.15, 0.2) is 0 Å². The van der Waals surface area contributed by atoms with Crippen molar-refractivity contribution in [2.75, 3.05) is 0 Å². The highest BCUT2D eigenvalue weighted by atomic mass is 15.2. The highest BCUT2D eigenvalue weighted by Crippen LogP contribution is 2.52. The Hall–Kier alpha value is -0.930. The third-order valence-corrected chi connectivity index (χ3v) is 4.44. The fourth-order valence-electron chi connectivity index (χ4n) is 3.73. The second-order valence-electron chi connectivity index (χ2n) is 5.27. The molecule has 0 radical (unpaired) electrons. The maximum Gasteiger partial charge on any atom is 0.0506 e. The molecule has 4 atom stereocenters. The number of hydrogen-bond donors (Lipinski definition) is 2. The van der Waals surface area contributed by atoms with Crippen LogP contribution in [-0.2, 0) is 0 Å². The van der Waals surface area contributed by atoms with Crippen LogP contribution >= 0.6 is 0 Å². The molecule has 16 heavy (non-hydrogen) atoms. The molecular weight excluding hydrogens is 198 g/mol. The summed E-state index contributed by atoms with van der Waals surface area (Å²) < 4.78 is 0. The topological polar surface area (TPSA) is 50.9 Å². The second kappa shape index (κ2) is 4.15. The van der Waals surface area contributed by atoms with E-state index in [4.69, 9.17) is 5.84 Å². The van der Waals surface area contributed by atoms with Crippen molar-refractivity contribution in [3.8, 4) is 0 Å². The molecule has 3 N–H and O–H groups in total. The van der Waals surface area contributed by atoms with Gasteiger partial charge in [0, 0.05) is 12.4 Å². The van der Waals surface area contributed by atoms with Crippen molar-refractivity contribution >= 4 is 0 Å². The third kappa shape index (κ3) is 1.64. The first-order valence-electron chi connectivity index (χ1n) is 6.24. The molecule has 3 heteroatoms. The van der Waals surface area contributed by atoms with Gasteiger partial charge >= 0.3 is 0 Å². The number of aromatic nitrogens is 1. The molecule has 2 saturated carbocycles. The normalized spacial score (nSPS) is 34.2. The number of nitrogens with one attached hydrogen (secondary N) is 1. The highest BCUT2D eigenvalue weighted by molar-refractivity contribution is 5.16. The maximum absolute atomic E-state index is 5.74. The van der Waals surface area contributed by atoms with Gasteiger partial charge in [0.25, 0.3) is 0 Å². The Morgan fingerprint density at radius 2 is 2.31 bits per heavy atom. The summed E-state index contributed by atoms with van der Waals surface area (Å²) >= 11 is 0. The van der Waals surface area contributed by atoms with Crippen LogP contribution < -0.4 is 11.3 Å². The molecule has 3 rings (SSSR count). The average Bonchev–Trinajstić information content (AvgIpc) is 2.94. The lowest BCUT2D eigenvalue weighted by atomic mass is 9.81. The molecule has 2 aliphatic rings. The largest absolute Gasteiger partial charge is 0.271 e. The van der Waals surface area contributed by atoms with E-state index in [9.17, 15) is 0 Å². The summed E-state index contributed by atoms with van der Waals surface area (Å²) in [7, 11) is 0. The highest BCUT2D eigenvalue weighted by Gasteiger charge is 2.43. The number of pyridine rings is 1. The number of nitrogens with zero attached hydrogens (tertiary/aromatic N) is 1. The van der Waals surface area contributed by atoms with Crippen LogP contribution in [0.25, 0.3) is 0 Å². The number of fused-ring (bicyclic) bond motifs is 2. The van der Waals surface area contributed by atoms with E-state index in [0.29, 0.717) is 12.0 Å². The summed E-state index contributed by atoms with van der Waals surface area (Å²) in [5.74, 6) is 8.30. The van der Waals surface area contributed by atoms with E-state index in [-0.39, 0.29) is 0 Å². The minimum absolute atomic E-state index is 0.295. The lowest BCUT2D eigenvalue weighted by Crippen LogP contribution is -2.35. The molecule has 1 aromatic heterocycles. The van der Waals surface area contributed by atoms with E-state index >= 15 is 0 Å². The molecule has 1 aromatic rings. The SMILES string of the molecule is NNC(c1cccnc1)C1CC2CCC1C2. The van der Waals surface area contributed by atoms with E-state index in [2.05, 4.69) is 16.5 Å². The van der Waals surface area contributed by atoms with Crippen molar-refractivity contribution in [1.82, 2.24) is 10.4 Å². The number of rotatable bonds is 3. The second-order valence-corrected chi connectivity index (χ2v) is 5.27. The zero-order chi connectivity index (χ0) is 11.0. The summed E-state index contributed by atoms with van der Waals surface area (Å²) in [5, 5.41) is 0. The van der Waals surface area contributed by atoms with Crippen LogP contribution in [0.15, 0.2) is 24.5 Å². The summed E-state index contributed by atoms with van der Waals surface area (Å²) in [4.78, 5) is 4.19. The first-order valence-corrected chi connectivity index (χ1v) is 6.24. The lowest BCUT2D eigenvalue weighted by molar-refractivity contribution is 0.252. The molecule has 86 valence electrons. The first-order chi connectivity index (χ1) is 7.88. The van der Waals surface area contributed by atoms with E-state index < -0.39 is 0 Å². The Labute approximate surface area is 96.4 Å². The molecule has 0 saturated heterocycles. The fourth-order valence-corrected chi connectivity index (χ4v) is 3.73. The molecule has 0 spiro atoms. The van der Waals surface area contributed by atoms with Gasteiger partial charge in [-0.25, -0.2) is 0 Å². The minimum atomic E-state index is 0.295. The molecule has 0 aromatic carbocycles. The molecule has 4 unspecified atom stereocenters. The molecule has 2 aliphatic carbocycles. The van der Waals surface area contributed by atoms with Gasteiger partial charge in [0.1, 0.15) is 0 Å². The van der Waals surface area contributed by atoms with Crippen LogP contribution in [0.1, 0.15) is 37.3 Å². The predicted octanol–water partition coefficient (Wildman–Crippen LogP) is 2.02. The van der Waals surface area contributed by atoms with E-state index in [1.807, 2.05) is 18.5 Å². The lowest BCUT2D eigenvalue weighted by Gasteiger charge is -2.30. The van der Waals surface area contributed by atoms with Crippen LogP contribution in [0.2, 0.25) is 0 Å². The van der Waals surface area contributed by atoms with E-state index in [0.717, 1.165) is 11.8 Å². The Morgan fingerprint density at radius 1 is 1.38 bits per heavy atom. The maximum atomic E-state index is 5.74. The average molecular weight is 217 g/mol. The van der Waals surface area contributed by atoms with Gasteiger partial charge in [0.05, 0.1) is 6.04 Å². The quantitative estimate of drug-likeness (QED) is 0.601. The Bertz CT molecular complexity index is 351. The Kier molecular flexibility index (Phi) is 2.65. The summed E-state index contributed by atoms with van der Waals surface area (Å²) in [5.41, 5.74) is 4.24. The van der Waals surface area contributed by atoms with Crippen LogP contribution in [0.3, 0.4) is 0 Å². The molecule has 3 nitrogen and oxygen atoms in total. The minimum Gasteiger partial charge on any atom is -0.271 e. The fraction of sp³-hybridized carbons (Fsp3) is 0.615. The predicted molar refractivity (Wildman–Crippen MR) is 63.2 cm³/mol. The van der Waals surface area contributed by atoms with Crippen molar-refractivity contribution < 1.29 is 0 Å². The molecule has 0 amide bonds. The molecule has 1 heterocycles. The van der Waals surface area contributed by atoms with Gasteiger partial charge in [-0.15, -0.1) is 0 Å². The van der Waals surface area contributed by atoms with Crippen molar-refractivity contribution in [3.05, 3.63) is 30.1 Å². The summed E-state index contributed by atoms with van der Waals surface area (Å²) in [6.45, 7) is 0. The van der Waals surface area contributed by atoms with Crippen molar-refractivity contribution in [3.63, 3.8) is 0 Å². The van der Waals surface area contributed by atoms with Gasteiger partial charge in [-0.1, -0.05) is 12.5 Å². The zero-order valence-electron chi connectivity index (χ0n) is 9.47. The number of nitrogens with two attached hydrogens (primary N) is 1. The van der Waals surface area contributed by atoms with E-state index in [1.165, 1.54) is 31.2 Å². The number of hydrogen-bond acceptors (Lipinski definition) is 3. The van der Waals surface area contributed by atoms with Gasteiger partial charge in [-0.3, -0.25) is 16.3 Å². The van der Waals surface area contributed by atoms with Crippen molar-refractivity contribution in [2.24, 2.45) is 23.6 Å². The van der Waals surface area contributed by atoms with Crippen molar-refractivity contribution in [1.29, 1.82) is 0 Å². The summed E-state index contributed by atoms with van der Waals surface area (Å²) in [6.07, 6.45) is 9.35. The van der Waals surface area contributed by atoms with Crippen molar-refractivity contribution in [2.45, 2.75) is 31.7 Å². The molecule has 2 bridgehead atoms. The monoisotopic (exact) mass is 217 g/mol. The van der Waals surface area contributed by atoms with Crippen LogP contribution in [0, 0.1) is 17.8 Å². The van der Waals surface area contributed by atoms with E-state index in [1.54, 1.807) is 0 Å². The van der Waals surface area contributed by atoms with Gasteiger partial charge in [-0.05, 0) is 48.6 Å². The Balaban J connectivity index is 1.81. The molecule has 2 fully saturated rings. The number of hydrazine groups is 1. The third-order valence-electron chi connectivity index (χ3n) is 4.44. The Morgan fingerprint density at radius 3 is 2.88 bits per heavy atom. The van der Waals surface area contributed by atoms with Crippen LogP contribution in [0.5, 0.6) is 0 Å².